The van der Waals surface area contributed by atoms with Crippen LogP contribution in [-0.2, 0) is 30.9 Å². The van der Waals surface area contributed by atoms with Gasteiger partial charge in [0, 0.05) is 69.0 Å². The lowest BCUT2D eigenvalue weighted by Crippen LogP contribution is -2.25. The highest BCUT2D eigenvalue weighted by Gasteiger charge is 2.12. The van der Waals surface area contributed by atoms with E-state index in [-0.39, 0.29) is 0 Å². The Balaban J connectivity index is 1.21. The van der Waals surface area contributed by atoms with Gasteiger partial charge in [-0.15, -0.1) is 0 Å². The minimum atomic E-state index is 0.745. The van der Waals surface area contributed by atoms with Gasteiger partial charge < -0.3 is 10.1 Å². The minimum absolute atomic E-state index is 0.745. The third-order valence-electron chi connectivity index (χ3n) is 6.35. The molecule has 2 aromatic carbocycles. The molecule has 0 spiro atoms. The van der Waals surface area contributed by atoms with Gasteiger partial charge in [-0.25, -0.2) is 0 Å². The third-order valence-corrected chi connectivity index (χ3v) is 6.35. The number of hydrogen-bond acceptors (Lipinski definition) is 5. The van der Waals surface area contributed by atoms with Gasteiger partial charge in [0.15, 0.2) is 0 Å². The van der Waals surface area contributed by atoms with Gasteiger partial charge >= 0.3 is 0 Å². The summed E-state index contributed by atoms with van der Waals surface area (Å²) >= 11 is 0. The zero-order valence-corrected chi connectivity index (χ0v) is 20.1. The summed E-state index contributed by atoms with van der Waals surface area (Å²) < 4.78 is 7.60. The van der Waals surface area contributed by atoms with Gasteiger partial charge in [0.25, 0.3) is 0 Å². The molecular weight excluding hydrogens is 434 g/mol. The Kier molecular flexibility index (Phi) is 7.96. The van der Waals surface area contributed by atoms with Crippen LogP contribution in [0, 0.1) is 0 Å². The van der Waals surface area contributed by atoms with Gasteiger partial charge in [-0.05, 0) is 35.2 Å². The number of nitrogens with one attached hydrogen (secondary N) is 1. The quantitative estimate of drug-likeness (QED) is 0.393. The first-order valence-corrected chi connectivity index (χ1v) is 12.4. The number of ether oxygens (including phenoxy) is 1. The van der Waals surface area contributed by atoms with E-state index in [4.69, 9.17) is 9.84 Å². The molecule has 0 radical (unpaired) electrons. The fourth-order valence-corrected chi connectivity index (χ4v) is 4.51. The normalized spacial score (nSPS) is 14.6. The van der Waals surface area contributed by atoms with E-state index in [1.165, 1.54) is 22.3 Å². The Bertz CT molecular complexity index is 1170. The van der Waals surface area contributed by atoms with Gasteiger partial charge in [0.1, 0.15) is 0 Å². The van der Waals surface area contributed by atoms with Gasteiger partial charge in [0.05, 0.1) is 18.8 Å². The standard InChI is InChI=1S/C29H33N5O/c1-2-6-25(7-3-1)22-34-23-28(29(32-34)27-8-4-13-30-19-27)20-31-18-24-9-11-26(12-10-24)21-33-14-5-16-35-17-15-33/h1-4,6-13,19,23,31H,5,14-18,20-22H2. The van der Waals surface area contributed by atoms with Crippen molar-refractivity contribution < 1.29 is 4.74 Å². The molecule has 1 saturated heterocycles. The number of nitrogens with zero attached hydrogens (tertiary/aromatic N) is 4. The maximum atomic E-state index is 5.57. The molecule has 0 unspecified atom stereocenters. The SMILES string of the molecule is c1ccc(Cn2cc(CNCc3ccc(CN4CCCOCC4)cc3)c(-c3cccnc3)n2)cc1. The zero-order chi connectivity index (χ0) is 23.7. The highest BCUT2D eigenvalue weighted by atomic mass is 16.5. The van der Waals surface area contributed by atoms with E-state index >= 15 is 0 Å². The Morgan fingerprint density at radius 2 is 1.63 bits per heavy atom. The first kappa shape index (κ1) is 23.4. The van der Waals surface area contributed by atoms with Crippen molar-refractivity contribution in [3.8, 4) is 11.3 Å². The molecule has 1 aliphatic heterocycles. The molecule has 0 amide bonds. The molecule has 0 aliphatic carbocycles. The summed E-state index contributed by atoms with van der Waals surface area (Å²) in [6.45, 7) is 7.15. The maximum absolute atomic E-state index is 5.57. The van der Waals surface area contributed by atoms with Crippen LogP contribution in [0.4, 0.5) is 0 Å². The van der Waals surface area contributed by atoms with E-state index in [0.717, 1.165) is 70.2 Å². The number of aromatic nitrogens is 3. The van der Waals surface area contributed by atoms with Crippen LogP contribution in [0.1, 0.15) is 28.7 Å². The fourth-order valence-electron chi connectivity index (χ4n) is 4.51. The van der Waals surface area contributed by atoms with Gasteiger partial charge in [-0.1, -0.05) is 54.6 Å². The monoisotopic (exact) mass is 467 g/mol. The van der Waals surface area contributed by atoms with Crippen molar-refractivity contribution in [2.45, 2.75) is 32.6 Å². The lowest BCUT2D eigenvalue weighted by molar-refractivity contribution is 0.140. The third kappa shape index (κ3) is 6.63. The summed E-state index contributed by atoms with van der Waals surface area (Å²) in [7, 11) is 0. The molecule has 5 rings (SSSR count). The summed E-state index contributed by atoms with van der Waals surface area (Å²) in [5.74, 6) is 0. The van der Waals surface area contributed by atoms with Crippen LogP contribution in [0.5, 0.6) is 0 Å². The number of hydrogen-bond donors (Lipinski definition) is 1. The minimum Gasteiger partial charge on any atom is -0.380 e. The second-order valence-electron chi connectivity index (χ2n) is 9.09. The van der Waals surface area contributed by atoms with Crippen molar-refractivity contribution in [2.75, 3.05) is 26.3 Å². The van der Waals surface area contributed by atoms with Crippen LogP contribution in [0.3, 0.4) is 0 Å². The Labute approximate surface area is 207 Å². The van der Waals surface area contributed by atoms with Crippen LogP contribution < -0.4 is 5.32 Å². The lowest BCUT2D eigenvalue weighted by Gasteiger charge is -2.19. The predicted molar refractivity (Wildman–Crippen MR) is 139 cm³/mol. The highest BCUT2D eigenvalue weighted by molar-refractivity contribution is 5.61. The molecule has 0 saturated carbocycles. The van der Waals surface area contributed by atoms with Gasteiger partial charge in [0.2, 0.25) is 0 Å². The van der Waals surface area contributed by atoms with E-state index in [9.17, 15) is 0 Å². The molecule has 1 fully saturated rings. The molecule has 35 heavy (non-hydrogen) atoms. The fraction of sp³-hybridized carbons (Fsp3) is 0.310. The summed E-state index contributed by atoms with van der Waals surface area (Å²) in [5.41, 5.74) is 7.08. The van der Waals surface area contributed by atoms with Crippen LogP contribution in [0.2, 0.25) is 0 Å². The van der Waals surface area contributed by atoms with Gasteiger partial charge in [-0.3, -0.25) is 14.6 Å². The molecule has 3 heterocycles. The Hall–Kier alpha value is -3.32. The summed E-state index contributed by atoms with van der Waals surface area (Å²) in [4.78, 5) is 6.78. The zero-order valence-electron chi connectivity index (χ0n) is 20.1. The highest BCUT2D eigenvalue weighted by Crippen LogP contribution is 2.22. The van der Waals surface area contributed by atoms with Gasteiger partial charge in [-0.2, -0.15) is 5.10 Å². The average Bonchev–Trinajstić information content (AvgIpc) is 3.11. The van der Waals surface area contributed by atoms with E-state index < -0.39 is 0 Å². The van der Waals surface area contributed by atoms with Crippen LogP contribution >= 0.6 is 0 Å². The summed E-state index contributed by atoms with van der Waals surface area (Å²) in [6.07, 6.45) is 6.95. The smallest absolute Gasteiger partial charge is 0.0983 e. The molecule has 180 valence electrons. The molecule has 6 heteroatoms. The number of benzene rings is 2. The van der Waals surface area contributed by atoms with E-state index in [2.05, 4.69) is 76.0 Å². The molecule has 1 aliphatic rings. The maximum Gasteiger partial charge on any atom is 0.0983 e. The number of pyridine rings is 1. The first-order chi connectivity index (χ1) is 17.3. The van der Waals surface area contributed by atoms with E-state index in [1.807, 2.05) is 23.0 Å². The second kappa shape index (κ2) is 11.9. The summed E-state index contributed by atoms with van der Waals surface area (Å²) in [5, 5.41) is 8.51. The van der Waals surface area contributed by atoms with Crippen molar-refractivity contribution in [3.05, 3.63) is 108 Å². The molecular formula is C29H33N5O. The van der Waals surface area contributed by atoms with E-state index in [0.29, 0.717) is 0 Å². The predicted octanol–water partition coefficient (Wildman–Crippen LogP) is 4.51. The largest absolute Gasteiger partial charge is 0.380 e. The molecule has 0 bridgehead atoms. The second-order valence-corrected chi connectivity index (χ2v) is 9.09. The summed E-state index contributed by atoms with van der Waals surface area (Å²) in [6, 6.07) is 23.4. The Morgan fingerprint density at radius 1 is 0.800 bits per heavy atom. The molecule has 4 aromatic rings. The topological polar surface area (TPSA) is 55.2 Å². The molecule has 6 nitrogen and oxygen atoms in total. The van der Waals surface area contributed by atoms with Crippen molar-refractivity contribution in [3.63, 3.8) is 0 Å². The van der Waals surface area contributed by atoms with Crippen molar-refractivity contribution in [1.29, 1.82) is 0 Å². The average molecular weight is 468 g/mol. The van der Waals surface area contributed by atoms with Crippen LogP contribution in [0.15, 0.2) is 85.3 Å². The van der Waals surface area contributed by atoms with Crippen LogP contribution in [0.25, 0.3) is 11.3 Å². The lowest BCUT2D eigenvalue weighted by atomic mass is 10.1. The Morgan fingerprint density at radius 3 is 2.46 bits per heavy atom. The van der Waals surface area contributed by atoms with Crippen LogP contribution in [-0.4, -0.2) is 46.0 Å². The molecule has 2 aromatic heterocycles. The first-order valence-electron chi connectivity index (χ1n) is 12.4. The molecule has 0 atom stereocenters. The van der Waals surface area contributed by atoms with Crippen molar-refractivity contribution in [2.24, 2.45) is 0 Å². The number of rotatable bonds is 9. The van der Waals surface area contributed by atoms with Crippen molar-refractivity contribution >= 4 is 0 Å². The van der Waals surface area contributed by atoms with Crippen molar-refractivity contribution in [1.82, 2.24) is 25.0 Å². The van der Waals surface area contributed by atoms with E-state index in [1.54, 1.807) is 6.20 Å². The molecule has 1 N–H and O–H groups in total.